The van der Waals surface area contributed by atoms with Crippen LogP contribution in [0.1, 0.15) is 0 Å². The predicted molar refractivity (Wildman–Crippen MR) is 91.6 cm³/mol. The van der Waals surface area contributed by atoms with Crippen LogP contribution in [0, 0.1) is 0 Å². The van der Waals surface area contributed by atoms with Crippen LogP contribution in [0.25, 0.3) is 22.3 Å². The first-order chi connectivity index (χ1) is 11.7. The molecule has 3 aromatic rings. The molecule has 0 aliphatic rings. The van der Waals surface area contributed by atoms with Crippen LogP contribution in [-0.2, 0) is 6.54 Å². The molecule has 0 spiro atoms. The molecule has 0 radical (unpaired) electrons. The summed E-state index contributed by atoms with van der Waals surface area (Å²) in [6.45, 7) is 0.0144. The molecule has 0 unspecified atom stereocenters. The van der Waals surface area contributed by atoms with Crippen molar-refractivity contribution in [3.8, 4) is 22.9 Å². The third-order valence-corrected chi connectivity index (χ3v) is 3.82. The summed E-state index contributed by atoms with van der Waals surface area (Å²) in [6.07, 6.45) is 0. The van der Waals surface area contributed by atoms with Crippen LogP contribution in [-0.4, -0.2) is 35.5 Å². The molecule has 2 aromatic carbocycles. The van der Waals surface area contributed by atoms with Gasteiger partial charge in [-0.25, -0.2) is 4.98 Å². The molecule has 1 aromatic heterocycles. The van der Waals surface area contributed by atoms with Gasteiger partial charge in [-0.3, -0.25) is 9.36 Å². The first-order valence-electron chi connectivity index (χ1n) is 7.52. The van der Waals surface area contributed by atoms with Crippen molar-refractivity contribution in [2.24, 2.45) is 0 Å². The van der Waals surface area contributed by atoms with Gasteiger partial charge in [0.15, 0.2) is 11.5 Å². The second-order valence-corrected chi connectivity index (χ2v) is 5.21. The Hall–Kier alpha value is -2.86. The molecular formula is C18H18N2O4. The van der Waals surface area contributed by atoms with Gasteiger partial charge < -0.3 is 14.6 Å². The molecule has 0 saturated carbocycles. The molecule has 0 amide bonds. The average Bonchev–Trinajstić information content (AvgIpc) is 2.63. The highest BCUT2D eigenvalue weighted by Crippen LogP contribution is 2.31. The number of aliphatic hydroxyl groups excluding tert-OH is 1. The van der Waals surface area contributed by atoms with E-state index < -0.39 is 0 Å². The number of aliphatic hydroxyl groups is 1. The lowest BCUT2D eigenvalue weighted by atomic mass is 10.1. The first-order valence-corrected chi connectivity index (χ1v) is 7.52. The second-order valence-electron chi connectivity index (χ2n) is 5.21. The summed E-state index contributed by atoms with van der Waals surface area (Å²) >= 11 is 0. The molecule has 3 rings (SSSR count). The molecular weight excluding hydrogens is 308 g/mol. The Morgan fingerprint density at radius 3 is 2.38 bits per heavy atom. The van der Waals surface area contributed by atoms with Crippen molar-refractivity contribution >= 4 is 10.9 Å². The average molecular weight is 326 g/mol. The Labute approximate surface area is 138 Å². The van der Waals surface area contributed by atoms with Gasteiger partial charge in [-0.1, -0.05) is 30.3 Å². The van der Waals surface area contributed by atoms with Crippen molar-refractivity contribution in [2.75, 3.05) is 20.8 Å². The number of benzene rings is 2. The molecule has 0 fully saturated rings. The van der Waals surface area contributed by atoms with Crippen molar-refractivity contribution in [2.45, 2.75) is 6.54 Å². The second kappa shape index (κ2) is 6.72. The fourth-order valence-corrected chi connectivity index (χ4v) is 2.66. The molecule has 0 atom stereocenters. The van der Waals surface area contributed by atoms with Crippen LogP contribution >= 0.6 is 0 Å². The number of aromatic nitrogens is 2. The van der Waals surface area contributed by atoms with Crippen LogP contribution in [0.15, 0.2) is 47.3 Å². The van der Waals surface area contributed by atoms with Crippen LogP contribution in [0.3, 0.4) is 0 Å². The predicted octanol–water partition coefficient (Wildman–Crippen LogP) is 2.07. The van der Waals surface area contributed by atoms with Gasteiger partial charge in [0.2, 0.25) is 0 Å². The van der Waals surface area contributed by atoms with E-state index in [1.165, 1.54) is 18.8 Å². The molecule has 0 aliphatic carbocycles. The summed E-state index contributed by atoms with van der Waals surface area (Å²) in [6, 6.07) is 12.7. The van der Waals surface area contributed by atoms with Gasteiger partial charge in [-0.2, -0.15) is 0 Å². The van der Waals surface area contributed by atoms with Crippen LogP contribution in [0.2, 0.25) is 0 Å². The smallest absolute Gasteiger partial charge is 0.261 e. The third kappa shape index (κ3) is 2.72. The minimum Gasteiger partial charge on any atom is -0.493 e. The molecule has 6 heteroatoms. The summed E-state index contributed by atoms with van der Waals surface area (Å²) in [7, 11) is 3.05. The molecule has 1 heterocycles. The van der Waals surface area contributed by atoms with Gasteiger partial charge in [0.05, 0.1) is 38.3 Å². The Bertz CT molecular complexity index is 920. The monoisotopic (exact) mass is 326 g/mol. The van der Waals surface area contributed by atoms with Crippen LogP contribution in [0.4, 0.5) is 0 Å². The van der Waals surface area contributed by atoms with E-state index in [1.807, 2.05) is 30.3 Å². The van der Waals surface area contributed by atoms with Gasteiger partial charge in [0, 0.05) is 11.6 Å². The molecule has 0 aliphatic heterocycles. The fourth-order valence-electron chi connectivity index (χ4n) is 2.66. The molecule has 6 nitrogen and oxygen atoms in total. The van der Waals surface area contributed by atoms with Crippen molar-refractivity contribution < 1.29 is 14.6 Å². The van der Waals surface area contributed by atoms with Gasteiger partial charge in [0.25, 0.3) is 5.56 Å². The largest absolute Gasteiger partial charge is 0.493 e. The Balaban J connectivity index is 2.35. The van der Waals surface area contributed by atoms with Crippen molar-refractivity contribution in [1.82, 2.24) is 9.55 Å². The highest BCUT2D eigenvalue weighted by molar-refractivity contribution is 5.83. The number of nitrogens with zero attached hydrogens (tertiary/aromatic N) is 2. The van der Waals surface area contributed by atoms with Crippen LogP contribution in [0.5, 0.6) is 11.5 Å². The SMILES string of the molecule is COc1cc2nc(-c3ccccc3)n(CCO)c(=O)c2cc1OC. The molecule has 124 valence electrons. The number of methoxy groups -OCH3 is 2. The van der Waals surface area contributed by atoms with E-state index in [9.17, 15) is 9.90 Å². The zero-order valence-corrected chi connectivity index (χ0v) is 13.5. The maximum Gasteiger partial charge on any atom is 0.261 e. The number of hydrogen-bond donors (Lipinski definition) is 1. The van der Waals surface area contributed by atoms with Crippen molar-refractivity contribution in [3.63, 3.8) is 0 Å². The molecule has 0 saturated heterocycles. The van der Waals surface area contributed by atoms with E-state index in [4.69, 9.17) is 9.47 Å². The fraction of sp³-hybridized carbons (Fsp3) is 0.222. The summed E-state index contributed by atoms with van der Waals surface area (Å²) < 4.78 is 12.0. The van der Waals surface area contributed by atoms with E-state index in [0.717, 1.165) is 5.56 Å². The lowest BCUT2D eigenvalue weighted by molar-refractivity contribution is 0.274. The van der Waals surface area contributed by atoms with Gasteiger partial charge >= 0.3 is 0 Å². The number of fused-ring (bicyclic) bond motifs is 1. The quantitative estimate of drug-likeness (QED) is 0.777. The molecule has 0 bridgehead atoms. The third-order valence-electron chi connectivity index (χ3n) is 3.82. The zero-order valence-electron chi connectivity index (χ0n) is 13.5. The van der Waals surface area contributed by atoms with E-state index >= 15 is 0 Å². The van der Waals surface area contributed by atoms with Gasteiger partial charge in [0.1, 0.15) is 5.82 Å². The summed E-state index contributed by atoms with van der Waals surface area (Å²) in [5.74, 6) is 1.48. The Kier molecular flexibility index (Phi) is 4.48. The first kappa shape index (κ1) is 16.0. The van der Waals surface area contributed by atoms with E-state index in [2.05, 4.69) is 4.98 Å². The van der Waals surface area contributed by atoms with Gasteiger partial charge in [-0.15, -0.1) is 0 Å². The minimum atomic E-state index is -0.228. The van der Waals surface area contributed by atoms with Crippen molar-refractivity contribution in [3.05, 3.63) is 52.8 Å². The summed E-state index contributed by atoms with van der Waals surface area (Å²) in [5.41, 5.74) is 1.10. The van der Waals surface area contributed by atoms with E-state index in [0.29, 0.717) is 28.2 Å². The minimum absolute atomic E-state index is 0.153. The van der Waals surface area contributed by atoms with Crippen LogP contribution < -0.4 is 15.0 Å². The molecule has 1 N–H and O–H groups in total. The Morgan fingerprint density at radius 2 is 1.75 bits per heavy atom. The lowest BCUT2D eigenvalue weighted by Crippen LogP contribution is -2.25. The van der Waals surface area contributed by atoms with Gasteiger partial charge in [-0.05, 0) is 6.07 Å². The Morgan fingerprint density at radius 1 is 1.08 bits per heavy atom. The number of ether oxygens (including phenoxy) is 2. The van der Waals surface area contributed by atoms with Crippen molar-refractivity contribution in [1.29, 1.82) is 0 Å². The summed E-state index contributed by atoms with van der Waals surface area (Å²) in [4.78, 5) is 17.5. The highest BCUT2D eigenvalue weighted by Gasteiger charge is 2.15. The maximum atomic E-state index is 12.9. The number of rotatable bonds is 5. The van der Waals surface area contributed by atoms with E-state index in [-0.39, 0.29) is 18.7 Å². The maximum absolute atomic E-state index is 12.9. The normalized spacial score (nSPS) is 10.8. The number of hydrogen-bond acceptors (Lipinski definition) is 5. The summed E-state index contributed by atoms with van der Waals surface area (Å²) in [5, 5.41) is 9.76. The molecule has 24 heavy (non-hydrogen) atoms. The van der Waals surface area contributed by atoms with E-state index in [1.54, 1.807) is 12.1 Å². The standard InChI is InChI=1S/C18H18N2O4/c1-23-15-10-13-14(11-16(15)24-2)19-17(12-6-4-3-5-7-12)20(8-9-21)18(13)22/h3-7,10-11,21H,8-9H2,1-2H3. The highest BCUT2D eigenvalue weighted by atomic mass is 16.5. The lowest BCUT2D eigenvalue weighted by Gasteiger charge is -2.14. The topological polar surface area (TPSA) is 73.6 Å². The zero-order chi connectivity index (χ0) is 17.1.